The molecule has 1 aromatic rings. The number of piperidine rings is 1. The lowest BCUT2D eigenvalue weighted by molar-refractivity contribution is 0.258. The molecule has 2 rings (SSSR count). The molecule has 0 radical (unpaired) electrons. The largest absolute Gasteiger partial charge is 0.492 e. The van der Waals surface area contributed by atoms with Crippen LogP contribution in [0.5, 0.6) is 5.75 Å². The Morgan fingerprint density at radius 1 is 1.28 bits per heavy atom. The lowest BCUT2D eigenvalue weighted by Crippen LogP contribution is -2.45. The minimum atomic E-state index is 0. The molecule has 0 spiro atoms. The van der Waals surface area contributed by atoms with Gasteiger partial charge in [-0.1, -0.05) is 25.1 Å². The highest BCUT2D eigenvalue weighted by Gasteiger charge is 2.18. The summed E-state index contributed by atoms with van der Waals surface area (Å²) in [7, 11) is 5.97. The summed E-state index contributed by atoms with van der Waals surface area (Å²) < 4.78 is 5.94. The van der Waals surface area contributed by atoms with E-state index in [0.29, 0.717) is 6.61 Å². The molecule has 0 unspecified atom stereocenters. The molecular weight excluding hydrogens is 427 g/mol. The number of likely N-dealkylation sites (N-methyl/N-ethyl adjacent to an activating group) is 1. The van der Waals surface area contributed by atoms with E-state index in [1.165, 1.54) is 18.4 Å². The third-order valence-electron chi connectivity index (χ3n) is 4.50. The van der Waals surface area contributed by atoms with Crippen LogP contribution in [-0.2, 0) is 6.54 Å². The minimum absolute atomic E-state index is 0. The van der Waals surface area contributed by atoms with E-state index in [4.69, 9.17) is 4.74 Å². The molecule has 0 atom stereocenters. The van der Waals surface area contributed by atoms with Crippen LogP contribution in [0.1, 0.15) is 25.3 Å². The Kier molecular flexibility index (Phi) is 10.2. The van der Waals surface area contributed by atoms with Crippen molar-refractivity contribution in [2.24, 2.45) is 10.9 Å². The van der Waals surface area contributed by atoms with E-state index in [0.717, 1.165) is 43.8 Å². The summed E-state index contributed by atoms with van der Waals surface area (Å²) in [6, 6.07) is 8.23. The van der Waals surface area contributed by atoms with Gasteiger partial charge in [0.2, 0.25) is 0 Å². The first kappa shape index (κ1) is 22.0. The maximum atomic E-state index is 5.94. The predicted octanol–water partition coefficient (Wildman–Crippen LogP) is 3.05. The molecule has 0 bridgehead atoms. The lowest BCUT2D eigenvalue weighted by Gasteiger charge is -2.33. The van der Waals surface area contributed by atoms with Gasteiger partial charge >= 0.3 is 0 Å². The molecule has 0 amide bonds. The van der Waals surface area contributed by atoms with Gasteiger partial charge in [0.1, 0.15) is 12.4 Å². The van der Waals surface area contributed by atoms with E-state index in [9.17, 15) is 0 Å². The fourth-order valence-corrected chi connectivity index (χ4v) is 2.86. The fraction of sp³-hybridized carbons (Fsp3) is 0.632. The van der Waals surface area contributed by atoms with Crippen molar-refractivity contribution in [3.05, 3.63) is 29.8 Å². The van der Waals surface area contributed by atoms with Gasteiger partial charge in [-0.3, -0.25) is 4.99 Å². The second-order valence-corrected chi connectivity index (χ2v) is 6.83. The maximum Gasteiger partial charge on any atom is 0.193 e. The number of halogens is 1. The topological polar surface area (TPSA) is 40.1 Å². The van der Waals surface area contributed by atoms with E-state index < -0.39 is 0 Å². The summed E-state index contributed by atoms with van der Waals surface area (Å²) in [4.78, 5) is 8.93. The van der Waals surface area contributed by atoms with Gasteiger partial charge in [0, 0.05) is 38.8 Å². The highest BCUT2D eigenvalue weighted by atomic mass is 127. The molecule has 1 aromatic carbocycles. The summed E-state index contributed by atoms with van der Waals surface area (Å²) in [5.74, 6) is 2.77. The average Bonchev–Trinajstić information content (AvgIpc) is 2.58. The third kappa shape index (κ3) is 7.40. The van der Waals surface area contributed by atoms with Crippen LogP contribution >= 0.6 is 24.0 Å². The van der Waals surface area contributed by atoms with Crippen molar-refractivity contribution in [1.82, 2.24) is 15.1 Å². The Hall–Kier alpha value is -1.02. The van der Waals surface area contributed by atoms with Gasteiger partial charge in [-0.15, -0.1) is 24.0 Å². The quantitative estimate of drug-likeness (QED) is 0.403. The number of hydrogen-bond donors (Lipinski definition) is 1. The zero-order valence-electron chi connectivity index (χ0n) is 16.0. The van der Waals surface area contributed by atoms with E-state index in [1.54, 1.807) is 0 Å². The molecule has 0 aromatic heterocycles. The van der Waals surface area contributed by atoms with E-state index in [2.05, 4.69) is 53.3 Å². The van der Waals surface area contributed by atoms with Crippen molar-refractivity contribution >= 4 is 29.9 Å². The number of ether oxygens (including phenoxy) is 1. The van der Waals surface area contributed by atoms with Crippen molar-refractivity contribution in [3.63, 3.8) is 0 Å². The van der Waals surface area contributed by atoms with Crippen LogP contribution in [0.2, 0.25) is 0 Å². The summed E-state index contributed by atoms with van der Waals surface area (Å²) in [6.07, 6.45) is 2.48. The van der Waals surface area contributed by atoms with Crippen LogP contribution in [0.3, 0.4) is 0 Å². The Labute approximate surface area is 169 Å². The Morgan fingerprint density at radius 2 is 1.96 bits per heavy atom. The third-order valence-corrected chi connectivity index (χ3v) is 4.50. The van der Waals surface area contributed by atoms with E-state index >= 15 is 0 Å². The Bertz CT molecular complexity index is 528. The molecule has 1 saturated heterocycles. The number of hydrogen-bond acceptors (Lipinski definition) is 3. The van der Waals surface area contributed by atoms with Crippen LogP contribution in [0, 0.1) is 5.92 Å². The number of nitrogens with zero attached hydrogens (tertiary/aromatic N) is 3. The van der Waals surface area contributed by atoms with E-state index in [1.807, 2.05) is 19.2 Å². The highest BCUT2D eigenvalue weighted by Crippen LogP contribution is 2.19. The predicted molar refractivity (Wildman–Crippen MR) is 116 cm³/mol. The molecule has 1 aliphatic heterocycles. The van der Waals surface area contributed by atoms with Crippen molar-refractivity contribution in [2.45, 2.75) is 26.3 Å². The number of rotatable bonds is 6. The number of benzene rings is 1. The first-order valence-electron chi connectivity index (χ1n) is 8.91. The van der Waals surface area contributed by atoms with Gasteiger partial charge in [-0.2, -0.15) is 0 Å². The van der Waals surface area contributed by atoms with E-state index in [-0.39, 0.29) is 24.0 Å². The second-order valence-electron chi connectivity index (χ2n) is 6.83. The molecule has 1 N–H and O–H groups in total. The van der Waals surface area contributed by atoms with Crippen molar-refractivity contribution < 1.29 is 4.74 Å². The summed E-state index contributed by atoms with van der Waals surface area (Å²) >= 11 is 0. The second kappa shape index (κ2) is 11.6. The molecule has 0 saturated carbocycles. The number of nitrogens with one attached hydrogen (secondary N) is 1. The molecule has 0 aliphatic carbocycles. The van der Waals surface area contributed by atoms with Gasteiger partial charge in [-0.25, -0.2) is 0 Å². The fourth-order valence-electron chi connectivity index (χ4n) is 2.86. The van der Waals surface area contributed by atoms with Crippen LogP contribution in [0.4, 0.5) is 0 Å². The van der Waals surface area contributed by atoms with Crippen molar-refractivity contribution in [1.29, 1.82) is 0 Å². The average molecular weight is 460 g/mol. The maximum absolute atomic E-state index is 5.94. The van der Waals surface area contributed by atoms with Gasteiger partial charge in [0.05, 0.1) is 0 Å². The molecule has 1 heterocycles. The summed E-state index contributed by atoms with van der Waals surface area (Å²) in [5, 5.41) is 3.50. The SMILES string of the molecule is CN=C(NCc1ccccc1OCCN(C)C)N1CCC(C)CC1.I. The first-order chi connectivity index (χ1) is 11.6. The summed E-state index contributed by atoms with van der Waals surface area (Å²) in [6.45, 7) is 6.84. The Balaban J connectivity index is 0.00000312. The number of para-hydroxylation sites is 1. The zero-order valence-corrected chi connectivity index (χ0v) is 18.3. The van der Waals surface area contributed by atoms with Crippen LogP contribution in [0.15, 0.2) is 29.3 Å². The summed E-state index contributed by atoms with van der Waals surface area (Å²) in [5.41, 5.74) is 1.17. The molecular formula is C19H33IN4O. The van der Waals surface area contributed by atoms with Gasteiger partial charge < -0.3 is 19.9 Å². The molecule has 25 heavy (non-hydrogen) atoms. The normalized spacial score (nSPS) is 15.9. The molecule has 5 nitrogen and oxygen atoms in total. The minimum Gasteiger partial charge on any atom is -0.492 e. The zero-order chi connectivity index (χ0) is 17.4. The number of likely N-dealkylation sites (tertiary alicyclic amines) is 1. The van der Waals surface area contributed by atoms with Crippen LogP contribution in [-0.4, -0.2) is 63.1 Å². The Morgan fingerprint density at radius 3 is 2.60 bits per heavy atom. The monoisotopic (exact) mass is 460 g/mol. The smallest absolute Gasteiger partial charge is 0.193 e. The molecule has 1 aliphatic rings. The number of guanidine groups is 1. The highest BCUT2D eigenvalue weighted by molar-refractivity contribution is 14.0. The van der Waals surface area contributed by atoms with Crippen LogP contribution in [0.25, 0.3) is 0 Å². The molecule has 6 heteroatoms. The first-order valence-corrected chi connectivity index (χ1v) is 8.91. The van der Waals surface area contributed by atoms with Crippen molar-refractivity contribution in [3.8, 4) is 5.75 Å². The lowest BCUT2D eigenvalue weighted by atomic mass is 9.99. The van der Waals surface area contributed by atoms with Gasteiger partial charge in [-0.05, 0) is 38.9 Å². The number of aliphatic imine (C=N–C) groups is 1. The van der Waals surface area contributed by atoms with Crippen molar-refractivity contribution in [2.75, 3.05) is 47.4 Å². The van der Waals surface area contributed by atoms with Crippen LogP contribution < -0.4 is 10.1 Å². The standard InChI is InChI=1S/C19H32N4O.HI/c1-16-9-11-23(12-10-16)19(20-2)21-15-17-7-5-6-8-18(17)24-14-13-22(3)4;/h5-8,16H,9-15H2,1-4H3,(H,20,21);1H. The molecule has 1 fully saturated rings. The molecule has 142 valence electrons. The van der Waals surface area contributed by atoms with Gasteiger partial charge in [0.25, 0.3) is 0 Å². The van der Waals surface area contributed by atoms with Gasteiger partial charge in [0.15, 0.2) is 5.96 Å².